The third-order valence-corrected chi connectivity index (χ3v) is 4.26. The molecule has 3 heterocycles. The predicted octanol–water partition coefficient (Wildman–Crippen LogP) is 3.70. The average molecular weight is 371 g/mol. The number of rotatable bonds is 2. The van der Waals surface area contributed by atoms with Crippen molar-refractivity contribution in [2.24, 2.45) is 0 Å². The van der Waals surface area contributed by atoms with E-state index in [2.05, 4.69) is 9.97 Å². The van der Waals surface area contributed by atoms with Gasteiger partial charge in [-0.05, 0) is 35.9 Å². The Hall–Kier alpha value is -3.19. The zero-order valence-electron chi connectivity index (χ0n) is 13.5. The molecule has 1 aromatic carbocycles. The van der Waals surface area contributed by atoms with Gasteiger partial charge in [-0.3, -0.25) is 4.79 Å². The van der Waals surface area contributed by atoms with Gasteiger partial charge in [0.2, 0.25) is 5.95 Å². The normalized spacial score (nSPS) is 15.0. The minimum Gasteiger partial charge on any atom is -0.443 e. The minimum atomic E-state index is -0.408. The van der Waals surface area contributed by atoms with E-state index in [1.165, 1.54) is 11.0 Å². The lowest BCUT2D eigenvalue weighted by Gasteiger charge is -2.10. The molecule has 8 heteroatoms. The van der Waals surface area contributed by atoms with Gasteiger partial charge in [-0.25, -0.2) is 14.4 Å². The number of furan rings is 1. The standard InChI is InChI=1S/C18H12ClFN4O2/c1-24-11(8-9-4-2-3-5-10(9)20)15-14(17(24)25)16(23-18(21)22-15)12-6-7-13(19)26-12/h2-8H,1H3,(H2,21,22,23)/b11-8+. The number of hydrogen-bond donors (Lipinski definition) is 1. The Kier molecular flexibility index (Phi) is 3.73. The van der Waals surface area contributed by atoms with E-state index in [1.807, 2.05) is 0 Å². The van der Waals surface area contributed by atoms with Gasteiger partial charge < -0.3 is 15.1 Å². The number of hydrogen-bond acceptors (Lipinski definition) is 5. The second-order valence-corrected chi connectivity index (χ2v) is 6.05. The quantitative estimate of drug-likeness (QED) is 0.743. The van der Waals surface area contributed by atoms with Crippen molar-refractivity contribution in [2.45, 2.75) is 0 Å². The Morgan fingerprint density at radius 3 is 2.62 bits per heavy atom. The van der Waals surface area contributed by atoms with Crippen molar-refractivity contribution in [3.05, 3.63) is 64.3 Å². The average Bonchev–Trinajstić information content (AvgIpc) is 3.14. The lowest BCUT2D eigenvalue weighted by Crippen LogP contribution is -2.17. The van der Waals surface area contributed by atoms with Gasteiger partial charge in [-0.1, -0.05) is 18.2 Å². The van der Waals surface area contributed by atoms with E-state index in [4.69, 9.17) is 21.8 Å². The number of aromatic nitrogens is 2. The van der Waals surface area contributed by atoms with E-state index in [0.29, 0.717) is 22.7 Å². The highest BCUT2D eigenvalue weighted by atomic mass is 35.5. The van der Waals surface area contributed by atoms with Gasteiger partial charge in [0.15, 0.2) is 11.0 Å². The summed E-state index contributed by atoms with van der Waals surface area (Å²) in [4.78, 5) is 22.5. The van der Waals surface area contributed by atoms with Crippen molar-refractivity contribution in [3.63, 3.8) is 0 Å². The van der Waals surface area contributed by atoms with Gasteiger partial charge in [0.1, 0.15) is 17.2 Å². The molecule has 0 saturated carbocycles. The first-order chi connectivity index (χ1) is 12.5. The van der Waals surface area contributed by atoms with Crippen LogP contribution in [0.4, 0.5) is 10.3 Å². The van der Waals surface area contributed by atoms with E-state index >= 15 is 0 Å². The number of anilines is 1. The molecule has 0 unspecified atom stereocenters. The second-order valence-electron chi connectivity index (χ2n) is 5.67. The zero-order chi connectivity index (χ0) is 18.4. The van der Waals surface area contributed by atoms with Crippen LogP contribution in [0.5, 0.6) is 0 Å². The number of carbonyl (C=O) groups is 1. The summed E-state index contributed by atoms with van der Waals surface area (Å²) in [6.45, 7) is 0. The van der Waals surface area contributed by atoms with Gasteiger partial charge in [0.05, 0.1) is 11.3 Å². The molecule has 1 aliphatic heterocycles. The van der Waals surface area contributed by atoms with Crippen LogP contribution in [0.2, 0.25) is 5.22 Å². The summed E-state index contributed by atoms with van der Waals surface area (Å²) in [5.74, 6) is -0.484. The van der Waals surface area contributed by atoms with E-state index in [1.54, 1.807) is 43.5 Å². The summed E-state index contributed by atoms with van der Waals surface area (Å²) in [6, 6.07) is 9.38. The molecule has 0 radical (unpaired) electrons. The van der Waals surface area contributed by atoms with Gasteiger partial charge in [-0.2, -0.15) is 0 Å². The highest BCUT2D eigenvalue weighted by Crippen LogP contribution is 2.38. The highest BCUT2D eigenvalue weighted by Gasteiger charge is 2.36. The summed E-state index contributed by atoms with van der Waals surface area (Å²) in [5, 5.41) is 0.159. The molecule has 0 saturated heterocycles. The number of amides is 1. The number of nitrogens with two attached hydrogens (primary N) is 1. The highest BCUT2D eigenvalue weighted by molar-refractivity contribution is 6.29. The number of carbonyl (C=O) groups excluding carboxylic acids is 1. The van der Waals surface area contributed by atoms with Crippen LogP contribution in [0, 0.1) is 5.82 Å². The Labute approximate surface area is 152 Å². The van der Waals surface area contributed by atoms with Gasteiger partial charge in [-0.15, -0.1) is 0 Å². The van der Waals surface area contributed by atoms with E-state index in [9.17, 15) is 9.18 Å². The van der Waals surface area contributed by atoms with Gasteiger partial charge in [0, 0.05) is 12.6 Å². The van der Waals surface area contributed by atoms with Crippen LogP contribution in [0.25, 0.3) is 23.2 Å². The molecule has 0 atom stereocenters. The number of benzene rings is 1. The molecule has 4 rings (SSSR count). The lowest BCUT2D eigenvalue weighted by molar-refractivity contribution is 0.0875. The van der Waals surface area contributed by atoms with Gasteiger partial charge >= 0.3 is 0 Å². The van der Waals surface area contributed by atoms with Crippen LogP contribution in [-0.2, 0) is 0 Å². The first-order valence-corrected chi connectivity index (χ1v) is 8.01. The summed E-state index contributed by atoms with van der Waals surface area (Å²) in [5.41, 5.74) is 7.36. The third kappa shape index (κ3) is 2.53. The molecule has 1 aliphatic rings. The molecule has 26 heavy (non-hydrogen) atoms. The Morgan fingerprint density at radius 1 is 1.19 bits per heavy atom. The molecule has 0 spiro atoms. The number of nitrogens with zero attached hydrogens (tertiary/aromatic N) is 3. The SMILES string of the molecule is CN1C(=O)c2c(nc(N)nc2-c2ccc(Cl)o2)/C1=C\c1ccccc1F. The van der Waals surface area contributed by atoms with Crippen LogP contribution in [0.1, 0.15) is 21.6 Å². The third-order valence-electron chi connectivity index (χ3n) is 4.05. The van der Waals surface area contributed by atoms with Crippen LogP contribution >= 0.6 is 11.6 Å². The van der Waals surface area contributed by atoms with Crippen molar-refractivity contribution in [3.8, 4) is 11.5 Å². The topological polar surface area (TPSA) is 85.2 Å². The van der Waals surface area contributed by atoms with Crippen molar-refractivity contribution in [1.29, 1.82) is 0 Å². The van der Waals surface area contributed by atoms with E-state index in [0.717, 1.165) is 0 Å². The second kappa shape index (κ2) is 5.96. The summed E-state index contributed by atoms with van der Waals surface area (Å²) >= 11 is 5.83. The van der Waals surface area contributed by atoms with Crippen molar-refractivity contribution < 1.29 is 13.6 Å². The Bertz CT molecular complexity index is 1080. The largest absolute Gasteiger partial charge is 0.443 e. The molecule has 0 fully saturated rings. The fourth-order valence-corrected chi connectivity index (χ4v) is 2.97. The predicted molar refractivity (Wildman–Crippen MR) is 95.5 cm³/mol. The molecule has 2 N–H and O–H groups in total. The molecular formula is C18H12ClFN4O2. The molecule has 130 valence electrons. The molecule has 3 aromatic rings. The molecule has 6 nitrogen and oxygen atoms in total. The molecule has 1 amide bonds. The van der Waals surface area contributed by atoms with Crippen LogP contribution in [0.3, 0.4) is 0 Å². The van der Waals surface area contributed by atoms with Crippen LogP contribution in [-0.4, -0.2) is 27.8 Å². The molecule has 2 aromatic heterocycles. The number of halogens is 2. The lowest BCUT2D eigenvalue weighted by atomic mass is 10.1. The number of nitrogen functional groups attached to an aromatic ring is 1. The van der Waals surface area contributed by atoms with Crippen LogP contribution in [0.15, 0.2) is 40.8 Å². The smallest absolute Gasteiger partial charge is 0.262 e. The zero-order valence-corrected chi connectivity index (χ0v) is 14.3. The summed E-state index contributed by atoms with van der Waals surface area (Å²) < 4.78 is 19.4. The maximum Gasteiger partial charge on any atom is 0.262 e. The van der Waals surface area contributed by atoms with Crippen molar-refractivity contribution in [1.82, 2.24) is 14.9 Å². The first-order valence-electron chi connectivity index (χ1n) is 7.63. The maximum absolute atomic E-state index is 14.0. The van der Waals surface area contributed by atoms with E-state index < -0.39 is 5.82 Å². The first kappa shape index (κ1) is 16.3. The summed E-state index contributed by atoms with van der Waals surface area (Å²) in [7, 11) is 1.58. The van der Waals surface area contributed by atoms with Crippen molar-refractivity contribution >= 4 is 35.2 Å². The Balaban J connectivity index is 1.95. The minimum absolute atomic E-state index is 0.0335. The number of fused-ring (bicyclic) bond motifs is 1. The monoisotopic (exact) mass is 370 g/mol. The summed E-state index contributed by atoms with van der Waals surface area (Å²) in [6.07, 6.45) is 1.55. The fraction of sp³-hybridized carbons (Fsp3) is 0.0556. The molecule has 0 aliphatic carbocycles. The fourth-order valence-electron chi connectivity index (χ4n) is 2.83. The van der Waals surface area contributed by atoms with Gasteiger partial charge in [0.25, 0.3) is 5.91 Å². The Morgan fingerprint density at radius 2 is 1.92 bits per heavy atom. The maximum atomic E-state index is 14.0. The van der Waals surface area contributed by atoms with E-state index in [-0.39, 0.29) is 28.3 Å². The van der Waals surface area contributed by atoms with Crippen molar-refractivity contribution in [2.75, 3.05) is 12.8 Å². The van der Waals surface area contributed by atoms with Crippen LogP contribution < -0.4 is 5.73 Å². The molecular weight excluding hydrogens is 359 g/mol. The molecule has 0 bridgehead atoms.